The Labute approximate surface area is 174 Å². The van der Waals surface area contributed by atoms with E-state index < -0.39 is 0 Å². The minimum atomic E-state index is 0.0757. The maximum atomic E-state index is 12.7. The third-order valence-corrected chi connectivity index (χ3v) is 7.22. The van der Waals surface area contributed by atoms with Crippen LogP contribution in [-0.2, 0) is 10.2 Å². The van der Waals surface area contributed by atoms with Gasteiger partial charge in [-0.1, -0.05) is 70.9 Å². The molecule has 2 aliphatic rings. The summed E-state index contributed by atoms with van der Waals surface area (Å²) in [5.74, 6) is 0.0757. The molecule has 1 aromatic rings. The van der Waals surface area contributed by atoms with Gasteiger partial charge in [-0.15, -0.1) is 0 Å². The molecule has 1 amide bonds. The minimum absolute atomic E-state index is 0.0757. The fraction of sp³-hybridized carbons (Fsp3) is 0.652. The molecule has 154 valence electrons. The summed E-state index contributed by atoms with van der Waals surface area (Å²) in [4.78, 5) is 19.9. The lowest BCUT2D eigenvalue weighted by Gasteiger charge is -2.24. The van der Waals surface area contributed by atoms with Crippen LogP contribution in [0.4, 0.5) is 5.69 Å². The van der Waals surface area contributed by atoms with E-state index in [4.69, 9.17) is 4.99 Å². The van der Waals surface area contributed by atoms with Gasteiger partial charge < -0.3 is 10.2 Å². The first-order chi connectivity index (χ1) is 13.2. The Morgan fingerprint density at radius 1 is 1.18 bits per heavy atom. The number of thioether (sulfide) groups is 1. The third kappa shape index (κ3) is 5.31. The zero-order valence-corrected chi connectivity index (χ0v) is 18.8. The SMILES string of the molecule is CC1SC(=NC2CCCCC2)N(C)C1CC(=O)Nc1ccc(C(C)(C)C)cc1. The van der Waals surface area contributed by atoms with E-state index in [0.717, 1.165) is 10.9 Å². The first-order valence-corrected chi connectivity index (χ1v) is 11.5. The van der Waals surface area contributed by atoms with Gasteiger partial charge in [-0.05, 0) is 36.0 Å². The molecule has 28 heavy (non-hydrogen) atoms. The normalized spacial score (nSPS) is 25.3. The summed E-state index contributed by atoms with van der Waals surface area (Å²) < 4.78 is 0. The van der Waals surface area contributed by atoms with Crippen LogP contribution in [-0.4, -0.2) is 40.4 Å². The second-order valence-corrected chi connectivity index (χ2v) is 10.6. The second kappa shape index (κ2) is 8.89. The highest BCUT2D eigenvalue weighted by atomic mass is 32.2. The molecule has 1 heterocycles. The molecule has 1 saturated carbocycles. The van der Waals surface area contributed by atoms with E-state index in [9.17, 15) is 4.79 Å². The maximum Gasteiger partial charge on any atom is 0.226 e. The van der Waals surface area contributed by atoms with Crippen molar-refractivity contribution in [1.29, 1.82) is 0 Å². The van der Waals surface area contributed by atoms with Gasteiger partial charge in [0.15, 0.2) is 5.17 Å². The fourth-order valence-electron chi connectivity index (χ4n) is 4.03. The van der Waals surface area contributed by atoms with Crippen molar-refractivity contribution in [2.75, 3.05) is 12.4 Å². The molecule has 4 nitrogen and oxygen atoms in total. The number of aliphatic imine (C=N–C) groups is 1. The number of hydrogen-bond acceptors (Lipinski definition) is 3. The van der Waals surface area contributed by atoms with Crippen LogP contribution in [0.1, 0.15) is 71.8 Å². The molecule has 1 aliphatic carbocycles. The molecule has 1 saturated heterocycles. The Morgan fingerprint density at radius 3 is 2.43 bits per heavy atom. The van der Waals surface area contributed by atoms with Crippen molar-refractivity contribution in [3.63, 3.8) is 0 Å². The van der Waals surface area contributed by atoms with Crippen LogP contribution >= 0.6 is 11.8 Å². The Balaban J connectivity index is 1.58. The monoisotopic (exact) mass is 401 g/mol. The van der Waals surface area contributed by atoms with Gasteiger partial charge in [0.05, 0.1) is 12.1 Å². The van der Waals surface area contributed by atoms with Crippen LogP contribution in [0.15, 0.2) is 29.3 Å². The van der Waals surface area contributed by atoms with E-state index in [1.54, 1.807) is 0 Å². The number of carbonyl (C=O) groups excluding carboxylic acids is 1. The van der Waals surface area contributed by atoms with Gasteiger partial charge >= 0.3 is 0 Å². The second-order valence-electron chi connectivity index (χ2n) is 9.28. The summed E-state index contributed by atoms with van der Waals surface area (Å²) in [5.41, 5.74) is 2.26. The number of nitrogens with one attached hydrogen (secondary N) is 1. The van der Waals surface area contributed by atoms with Crippen molar-refractivity contribution in [2.45, 2.75) is 89.0 Å². The zero-order valence-electron chi connectivity index (χ0n) is 18.0. The largest absolute Gasteiger partial charge is 0.350 e. The number of rotatable bonds is 4. The highest BCUT2D eigenvalue weighted by molar-refractivity contribution is 8.14. The molecule has 2 fully saturated rings. The summed E-state index contributed by atoms with van der Waals surface area (Å²) in [7, 11) is 2.09. The highest BCUT2D eigenvalue weighted by Gasteiger charge is 2.36. The van der Waals surface area contributed by atoms with E-state index in [0.29, 0.717) is 17.7 Å². The molecule has 1 aliphatic heterocycles. The predicted octanol–water partition coefficient (Wildman–Crippen LogP) is 5.44. The van der Waals surface area contributed by atoms with Crippen LogP contribution in [0.3, 0.4) is 0 Å². The Kier molecular flexibility index (Phi) is 6.74. The average Bonchev–Trinajstić information content (AvgIpc) is 2.90. The topological polar surface area (TPSA) is 44.7 Å². The summed E-state index contributed by atoms with van der Waals surface area (Å²) in [6.07, 6.45) is 6.86. The molecular formula is C23H35N3OS. The third-order valence-electron chi connectivity index (χ3n) is 5.93. The molecule has 1 N–H and O–H groups in total. The number of anilines is 1. The van der Waals surface area contributed by atoms with Crippen molar-refractivity contribution in [2.24, 2.45) is 4.99 Å². The lowest BCUT2D eigenvalue weighted by Crippen LogP contribution is -2.36. The quantitative estimate of drug-likeness (QED) is 0.731. The van der Waals surface area contributed by atoms with Crippen LogP contribution < -0.4 is 5.32 Å². The molecule has 0 spiro atoms. The molecule has 2 unspecified atom stereocenters. The number of amides is 1. The van der Waals surface area contributed by atoms with Gasteiger partial charge in [0, 0.05) is 24.4 Å². The summed E-state index contributed by atoms with van der Waals surface area (Å²) >= 11 is 1.82. The minimum Gasteiger partial charge on any atom is -0.350 e. The average molecular weight is 402 g/mol. The predicted molar refractivity (Wildman–Crippen MR) is 121 cm³/mol. The van der Waals surface area contributed by atoms with E-state index in [1.807, 2.05) is 23.9 Å². The van der Waals surface area contributed by atoms with Crippen LogP contribution in [0, 0.1) is 0 Å². The smallest absolute Gasteiger partial charge is 0.226 e. The Morgan fingerprint density at radius 2 is 1.82 bits per heavy atom. The van der Waals surface area contributed by atoms with Crippen molar-refractivity contribution < 1.29 is 4.79 Å². The van der Waals surface area contributed by atoms with Crippen molar-refractivity contribution in [3.8, 4) is 0 Å². The van der Waals surface area contributed by atoms with E-state index >= 15 is 0 Å². The van der Waals surface area contributed by atoms with Gasteiger partial charge in [-0.25, -0.2) is 0 Å². The molecule has 0 bridgehead atoms. The molecule has 5 heteroatoms. The molecule has 3 rings (SSSR count). The van der Waals surface area contributed by atoms with Crippen molar-refractivity contribution in [1.82, 2.24) is 4.90 Å². The molecule has 1 aromatic carbocycles. The Hall–Kier alpha value is -1.49. The lowest BCUT2D eigenvalue weighted by molar-refractivity contribution is -0.117. The number of amidine groups is 1. The summed E-state index contributed by atoms with van der Waals surface area (Å²) in [6.45, 7) is 8.80. The van der Waals surface area contributed by atoms with Crippen molar-refractivity contribution in [3.05, 3.63) is 29.8 Å². The molecular weight excluding hydrogens is 366 g/mol. The van der Waals surface area contributed by atoms with Gasteiger partial charge in [0.25, 0.3) is 0 Å². The zero-order chi connectivity index (χ0) is 20.3. The van der Waals surface area contributed by atoms with Gasteiger partial charge in [-0.3, -0.25) is 9.79 Å². The first kappa shape index (κ1) is 21.2. The molecule has 2 atom stereocenters. The molecule has 0 aromatic heterocycles. The fourth-order valence-corrected chi connectivity index (χ4v) is 5.31. The summed E-state index contributed by atoms with van der Waals surface area (Å²) in [5, 5.41) is 4.56. The van der Waals surface area contributed by atoms with E-state index in [2.05, 4.69) is 57.1 Å². The Bertz CT molecular complexity index is 702. The van der Waals surface area contributed by atoms with Crippen LogP contribution in [0.5, 0.6) is 0 Å². The van der Waals surface area contributed by atoms with Gasteiger partial charge in [0.1, 0.15) is 0 Å². The maximum absolute atomic E-state index is 12.7. The first-order valence-electron chi connectivity index (χ1n) is 10.6. The highest BCUT2D eigenvalue weighted by Crippen LogP contribution is 2.34. The van der Waals surface area contributed by atoms with E-state index in [-0.39, 0.29) is 17.4 Å². The number of nitrogens with zero attached hydrogens (tertiary/aromatic N) is 2. The van der Waals surface area contributed by atoms with Crippen LogP contribution in [0.2, 0.25) is 0 Å². The van der Waals surface area contributed by atoms with Gasteiger partial charge in [0.2, 0.25) is 5.91 Å². The number of hydrogen-bond donors (Lipinski definition) is 1. The summed E-state index contributed by atoms with van der Waals surface area (Å²) in [6, 6.07) is 8.88. The van der Waals surface area contributed by atoms with E-state index in [1.165, 1.54) is 37.7 Å². The number of benzene rings is 1. The lowest BCUT2D eigenvalue weighted by atomic mass is 9.87. The van der Waals surface area contributed by atoms with Crippen LogP contribution in [0.25, 0.3) is 0 Å². The van der Waals surface area contributed by atoms with Gasteiger partial charge in [-0.2, -0.15) is 0 Å². The standard InChI is InChI=1S/C23H35N3OS/c1-16-20(26(5)22(28-16)25-18-9-7-6-8-10-18)15-21(27)24-19-13-11-17(12-14-19)23(2,3)4/h11-14,16,18,20H,6-10,15H2,1-5H3,(H,24,27). The molecule has 0 radical (unpaired) electrons. The van der Waals surface area contributed by atoms with Crippen molar-refractivity contribution >= 4 is 28.5 Å². The number of carbonyl (C=O) groups is 1.